The minimum atomic E-state index is -1.11. The summed E-state index contributed by atoms with van der Waals surface area (Å²) >= 11 is 0. The van der Waals surface area contributed by atoms with Crippen LogP contribution in [0.4, 0.5) is 0 Å². The summed E-state index contributed by atoms with van der Waals surface area (Å²) in [7, 11) is 0. The van der Waals surface area contributed by atoms with Crippen molar-refractivity contribution < 1.29 is 25.2 Å². The fourth-order valence-corrected chi connectivity index (χ4v) is 1.15. The van der Waals surface area contributed by atoms with Gasteiger partial charge >= 0.3 is 5.97 Å². The second-order valence-electron chi connectivity index (χ2n) is 3.34. The van der Waals surface area contributed by atoms with E-state index in [9.17, 15) is 4.79 Å². The molecule has 2 rings (SSSR count). The molecule has 0 saturated heterocycles. The second kappa shape index (κ2) is 8.42. The fraction of sp³-hybridized carbons (Fsp3) is 0. The molecular weight excluding hydrogens is 259 g/mol. The van der Waals surface area contributed by atoms with E-state index in [2.05, 4.69) is 0 Å². The van der Waals surface area contributed by atoms with Crippen LogP contribution in [0, 0.1) is 0 Å². The largest absolute Gasteiger partial charge is 0.508 e. The summed E-state index contributed by atoms with van der Waals surface area (Å²) < 4.78 is 0. The standard InChI is InChI=1S/C7H6O3.C6H6O2.Na/c8-6-4-2-1-3-5(6)7(9)10;7-5-2-1-3-6(8)4-5;/h1-4,8H,(H,9,10);1-4,7-8H;. The smallest absolute Gasteiger partial charge is 0.339 e. The first-order valence-electron chi connectivity index (χ1n) is 5.00. The molecule has 0 amide bonds. The molecule has 0 unspecified atom stereocenters. The topological polar surface area (TPSA) is 98.0 Å². The van der Waals surface area contributed by atoms with Crippen molar-refractivity contribution in [1.82, 2.24) is 0 Å². The van der Waals surface area contributed by atoms with Crippen LogP contribution in [0.2, 0.25) is 0 Å². The number of aromatic carboxylic acids is 1. The van der Waals surface area contributed by atoms with Crippen molar-refractivity contribution in [3.05, 3.63) is 54.1 Å². The zero-order valence-electron chi connectivity index (χ0n) is 10.3. The SMILES string of the molecule is O=C(O)c1ccccc1O.Oc1cccc(O)c1.[Na]. The first-order chi connectivity index (χ1) is 8.50. The third-order valence-electron chi connectivity index (χ3n) is 1.96. The van der Waals surface area contributed by atoms with Crippen LogP contribution < -0.4 is 0 Å². The van der Waals surface area contributed by atoms with Gasteiger partial charge in [-0.15, -0.1) is 0 Å². The van der Waals surface area contributed by atoms with Crippen LogP contribution in [0.3, 0.4) is 0 Å². The summed E-state index contributed by atoms with van der Waals surface area (Å²) in [5.41, 5.74) is -0.0671. The molecular formula is C13H12NaO5. The van der Waals surface area contributed by atoms with E-state index in [1.165, 1.54) is 30.3 Å². The quantitative estimate of drug-likeness (QED) is 0.593. The number of hydrogen-bond donors (Lipinski definition) is 4. The van der Waals surface area contributed by atoms with Crippen LogP contribution >= 0.6 is 0 Å². The molecule has 0 aromatic heterocycles. The van der Waals surface area contributed by atoms with E-state index < -0.39 is 5.97 Å². The Morgan fingerprint density at radius 3 is 1.68 bits per heavy atom. The van der Waals surface area contributed by atoms with Crippen LogP contribution in [0.25, 0.3) is 0 Å². The molecule has 2 aromatic rings. The van der Waals surface area contributed by atoms with Crippen LogP contribution in [-0.2, 0) is 0 Å². The molecule has 6 heteroatoms. The van der Waals surface area contributed by atoms with Gasteiger partial charge in [0.25, 0.3) is 0 Å². The molecule has 5 nitrogen and oxygen atoms in total. The van der Waals surface area contributed by atoms with Gasteiger partial charge in [-0.3, -0.25) is 0 Å². The normalized spacial score (nSPS) is 8.63. The summed E-state index contributed by atoms with van der Waals surface area (Å²) in [6.45, 7) is 0. The number of aromatic hydroxyl groups is 3. The monoisotopic (exact) mass is 271 g/mol. The van der Waals surface area contributed by atoms with E-state index in [1.807, 2.05) is 0 Å². The zero-order chi connectivity index (χ0) is 13.5. The maximum atomic E-state index is 10.3. The van der Waals surface area contributed by atoms with Gasteiger partial charge in [0.15, 0.2) is 0 Å². The molecule has 19 heavy (non-hydrogen) atoms. The van der Waals surface area contributed by atoms with Crippen molar-refractivity contribution in [3.63, 3.8) is 0 Å². The van der Waals surface area contributed by atoms with Gasteiger partial charge in [-0.05, 0) is 24.3 Å². The van der Waals surface area contributed by atoms with E-state index in [0.29, 0.717) is 0 Å². The van der Waals surface area contributed by atoms with E-state index >= 15 is 0 Å². The molecule has 0 atom stereocenters. The molecule has 0 spiro atoms. The first kappa shape index (κ1) is 17.3. The summed E-state index contributed by atoms with van der Waals surface area (Å²) in [6, 6.07) is 11.7. The molecule has 95 valence electrons. The maximum absolute atomic E-state index is 10.3. The van der Waals surface area contributed by atoms with Gasteiger partial charge in [0, 0.05) is 35.6 Å². The molecule has 0 heterocycles. The minimum absolute atomic E-state index is 0. The van der Waals surface area contributed by atoms with Crippen molar-refractivity contribution in [1.29, 1.82) is 0 Å². The Morgan fingerprint density at radius 2 is 1.37 bits per heavy atom. The number of phenols is 3. The van der Waals surface area contributed by atoms with Crippen molar-refractivity contribution >= 4 is 35.5 Å². The van der Waals surface area contributed by atoms with Gasteiger partial charge in [0.05, 0.1) is 0 Å². The molecule has 0 aliphatic carbocycles. The number of phenolic OH excluding ortho intramolecular Hbond substituents is 2. The summed E-state index contributed by atoms with van der Waals surface area (Å²) in [5.74, 6) is -1.14. The number of carbonyl (C=O) groups is 1. The third kappa shape index (κ3) is 6.15. The molecule has 0 aliphatic rings. The average Bonchev–Trinajstić information content (AvgIpc) is 2.29. The van der Waals surface area contributed by atoms with E-state index in [4.69, 9.17) is 20.4 Å². The Balaban J connectivity index is 0.000000331. The predicted molar refractivity (Wildman–Crippen MR) is 70.6 cm³/mol. The van der Waals surface area contributed by atoms with E-state index in [-0.39, 0.29) is 52.4 Å². The molecule has 0 aliphatic heterocycles. The van der Waals surface area contributed by atoms with Crippen molar-refractivity contribution in [2.24, 2.45) is 0 Å². The maximum Gasteiger partial charge on any atom is 0.339 e. The number of hydrogen-bond acceptors (Lipinski definition) is 4. The van der Waals surface area contributed by atoms with Gasteiger partial charge in [-0.2, -0.15) is 0 Å². The predicted octanol–water partition coefficient (Wildman–Crippen LogP) is 1.81. The number of carboxylic acids is 1. The molecule has 0 saturated carbocycles. The first-order valence-corrected chi connectivity index (χ1v) is 5.00. The molecule has 0 fully saturated rings. The fourth-order valence-electron chi connectivity index (χ4n) is 1.15. The van der Waals surface area contributed by atoms with E-state index in [0.717, 1.165) is 0 Å². The zero-order valence-corrected chi connectivity index (χ0v) is 12.3. The van der Waals surface area contributed by atoms with Gasteiger partial charge in [0.1, 0.15) is 22.8 Å². The van der Waals surface area contributed by atoms with E-state index in [1.54, 1.807) is 18.2 Å². The average molecular weight is 271 g/mol. The van der Waals surface area contributed by atoms with Crippen LogP contribution in [0.1, 0.15) is 10.4 Å². The summed E-state index contributed by atoms with van der Waals surface area (Å²) in [4.78, 5) is 10.3. The summed E-state index contributed by atoms with van der Waals surface area (Å²) in [6.07, 6.45) is 0. The molecule has 0 bridgehead atoms. The summed E-state index contributed by atoms with van der Waals surface area (Å²) in [5, 5.41) is 34.6. The van der Waals surface area contributed by atoms with Gasteiger partial charge < -0.3 is 20.4 Å². The number of para-hydroxylation sites is 1. The second-order valence-corrected chi connectivity index (χ2v) is 3.34. The number of carboxylic acid groups (broad SMARTS) is 1. The Morgan fingerprint density at radius 1 is 0.842 bits per heavy atom. The third-order valence-corrected chi connectivity index (χ3v) is 1.96. The van der Waals surface area contributed by atoms with Crippen molar-refractivity contribution in [2.75, 3.05) is 0 Å². The Kier molecular flexibility index (Phi) is 7.67. The molecule has 2 aromatic carbocycles. The van der Waals surface area contributed by atoms with Crippen LogP contribution in [0.5, 0.6) is 17.2 Å². The van der Waals surface area contributed by atoms with Crippen molar-refractivity contribution in [3.8, 4) is 17.2 Å². The minimum Gasteiger partial charge on any atom is -0.508 e. The molecule has 4 N–H and O–H groups in total. The van der Waals surface area contributed by atoms with Crippen molar-refractivity contribution in [2.45, 2.75) is 0 Å². The van der Waals surface area contributed by atoms with Gasteiger partial charge in [-0.1, -0.05) is 18.2 Å². The van der Waals surface area contributed by atoms with Gasteiger partial charge in [0.2, 0.25) is 0 Å². The number of benzene rings is 2. The Hall–Kier alpha value is -1.69. The van der Waals surface area contributed by atoms with Crippen LogP contribution in [-0.4, -0.2) is 56.0 Å². The van der Waals surface area contributed by atoms with Gasteiger partial charge in [-0.25, -0.2) is 4.79 Å². The molecule has 1 radical (unpaired) electrons. The Labute approximate surface area is 132 Å². The number of rotatable bonds is 1. The Bertz CT molecular complexity index is 525. The van der Waals surface area contributed by atoms with Crippen LogP contribution in [0.15, 0.2) is 48.5 Å².